The monoisotopic (exact) mass is 222 g/mol. The molecule has 80 valence electrons. The maximum atomic E-state index is 5.36. The fraction of sp³-hybridized carbons (Fsp3) is 0.600. The Kier molecular flexibility index (Phi) is 1.80. The average Bonchev–Trinajstić information content (AvgIpc) is 2.92. The molecule has 1 aliphatic carbocycles. The van der Waals surface area contributed by atoms with E-state index in [4.69, 9.17) is 12.2 Å². The second kappa shape index (κ2) is 2.95. The van der Waals surface area contributed by atoms with E-state index in [2.05, 4.69) is 21.6 Å². The molecule has 5 heteroatoms. The van der Waals surface area contributed by atoms with E-state index in [0.717, 1.165) is 22.5 Å². The van der Waals surface area contributed by atoms with Gasteiger partial charge in [-0.2, -0.15) is 5.10 Å². The van der Waals surface area contributed by atoms with E-state index in [-0.39, 0.29) is 0 Å². The molecule has 1 N–H and O–H groups in total. The van der Waals surface area contributed by atoms with Gasteiger partial charge in [0.15, 0.2) is 10.4 Å². The molecule has 0 unspecified atom stereocenters. The van der Waals surface area contributed by atoms with Crippen LogP contribution in [0.2, 0.25) is 0 Å². The standard InChI is InChI=1S/C10H14N4S/c1-3-13-9-8(6(2)12-13)11-10(15)14(9)7-4-5-7/h7H,3-5H2,1-2H3,(H,11,15). The normalized spacial score (nSPS) is 16.4. The summed E-state index contributed by atoms with van der Waals surface area (Å²) in [7, 11) is 0. The minimum Gasteiger partial charge on any atom is -0.328 e. The Morgan fingerprint density at radius 1 is 1.53 bits per heavy atom. The van der Waals surface area contributed by atoms with Crippen molar-refractivity contribution in [1.29, 1.82) is 0 Å². The molecule has 0 aromatic carbocycles. The minimum atomic E-state index is 0.604. The lowest BCUT2D eigenvalue weighted by Crippen LogP contribution is -2.03. The Bertz CT molecular complexity index is 570. The molecular weight excluding hydrogens is 208 g/mol. The van der Waals surface area contributed by atoms with Crippen LogP contribution in [-0.2, 0) is 6.54 Å². The van der Waals surface area contributed by atoms with Crippen LogP contribution in [0.5, 0.6) is 0 Å². The van der Waals surface area contributed by atoms with Gasteiger partial charge in [0.25, 0.3) is 0 Å². The van der Waals surface area contributed by atoms with E-state index in [9.17, 15) is 0 Å². The van der Waals surface area contributed by atoms with Crippen molar-refractivity contribution in [2.24, 2.45) is 0 Å². The summed E-state index contributed by atoms with van der Waals surface area (Å²) in [5.74, 6) is 0. The lowest BCUT2D eigenvalue weighted by molar-refractivity contribution is 0.632. The van der Waals surface area contributed by atoms with Crippen molar-refractivity contribution >= 4 is 23.4 Å². The zero-order valence-corrected chi connectivity index (χ0v) is 9.77. The predicted molar refractivity (Wildman–Crippen MR) is 61.6 cm³/mol. The van der Waals surface area contributed by atoms with Gasteiger partial charge in [0.05, 0.1) is 5.69 Å². The van der Waals surface area contributed by atoms with Crippen molar-refractivity contribution in [3.63, 3.8) is 0 Å². The number of nitrogens with zero attached hydrogens (tertiary/aromatic N) is 3. The highest BCUT2D eigenvalue weighted by Crippen LogP contribution is 2.38. The molecule has 15 heavy (non-hydrogen) atoms. The first-order chi connectivity index (χ1) is 7.22. The van der Waals surface area contributed by atoms with Gasteiger partial charge in [0.1, 0.15) is 5.52 Å². The summed E-state index contributed by atoms with van der Waals surface area (Å²) < 4.78 is 5.11. The number of aromatic nitrogens is 4. The van der Waals surface area contributed by atoms with Crippen molar-refractivity contribution in [2.75, 3.05) is 0 Å². The summed E-state index contributed by atoms with van der Waals surface area (Å²) in [6.45, 7) is 5.03. The smallest absolute Gasteiger partial charge is 0.179 e. The second-order valence-corrected chi connectivity index (χ2v) is 4.52. The van der Waals surface area contributed by atoms with Gasteiger partial charge in [0.2, 0.25) is 0 Å². The van der Waals surface area contributed by atoms with Crippen molar-refractivity contribution in [3.8, 4) is 0 Å². The first kappa shape index (κ1) is 9.15. The quantitative estimate of drug-likeness (QED) is 0.793. The van der Waals surface area contributed by atoms with Crippen molar-refractivity contribution in [3.05, 3.63) is 10.5 Å². The van der Waals surface area contributed by atoms with Gasteiger partial charge >= 0.3 is 0 Å². The van der Waals surface area contributed by atoms with Gasteiger partial charge in [-0.1, -0.05) is 0 Å². The molecule has 0 aliphatic heterocycles. The van der Waals surface area contributed by atoms with Crippen LogP contribution in [0.4, 0.5) is 0 Å². The Hall–Kier alpha value is -1.10. The van der Waals surface area contributed by atoms with Gasteiger partial charge in [-0.25, -0.2) is 4.68 Å². The molecular formula is C10H14N4S. The molecule has 2 heterocycles. The number of rotatable bonds is 2. The molecule has 2 aromatic rings. The summed E-state index contributed by atoms with van der Waals surface area (Å²) in [5, 5.41) is 4.50. The highest BCUT2D eigenvalue weighted by Gasteiger charge is 2.28. The molecule has 0 radical (unpaired) electrons. The Morgan fingerprint density at radius 3 is 2.87 bits per heavy atom. The molecule has 0 atom stereocenters. The van der Waals surface area contributed by atoms with Crippen LogP contribution < -0.4 is 0 Å². The number of H-pyrrole nitrogens is 1. The van der Waals surface area contributed by atoms with E-state index in [0.29, 0.717) is 6.04 Å². The molecule has 1 aliphatic rings. The number of imidazole rings is 1. The van der Waals surface area contributed by atoms with Crippen molar-refractivity contribution in [2.45, 2.75) is 39.3 Å². The first-order valence-corrected chi connectivity index (χ1v) is 5.80. The predicted octanol–water partition coefficient (Wildman–Crippen LogP) is 2.56. The lowest BCUT2D eigenvalue weighted by Gasteiger charge is -2.03. The SMILES string of the molecule is CCn1nc(C)c2[nH]c(=S)n(C3CC3)c21. The Morgan fingerprint density at radius 2 is 2.27 bits per heavy atom. The number of hydrogen-bond acceptors (Lipinski definition) is 2. The Labute approximate surface area is 92.9 Å². The van der Waals surface area contributed by atoms with Crippen LogP contribution >= 0.6 is 12.2 Å². The van der Waals surface area contributed by atoms with Crippen LogP contribution in [0.3, 0.4) is 0 Å². The van der Waals surface area contributed by atoms with Crippen LogP contribution in [0.25, 0.3) is 11.2 Å². The number of aromatic amines is 1. The third-order valence-corrected chi connectivity index (χ3v) is 3.29. The zero-order chi connectivity index (χ0) is 10.6. The molecule has 0 bridgehead atoms. The van der Waals surface area contributed by atoms with Gasteiger partial charge in [-0.3, -0.25) is 4.57 Å². The summed E-state index contributed by atoms with van der Waals surface area (Å²) in [6, 6.07) is 0.604. The summed E-state index contributed by atoms with van der Waals surface area (Å²) in [4.78, 5) is 3.27. The molecule has 1 saturated carbocycles. The maximum absolute atomic E-state index is 5.36. The fourth-order valence-electron chi connectivity index (χ4n) is 2.12. The highest BCUT2D eigenvalue weighted by molar-refractivity contribution is 7.71. The molecule has 2 aromatic heterocycles. The van der Waals surface area contributed by atoms with Crippen LogP contribution in [0.15, 0.2) is 0 Å². The third kappa shape index (κ3) is 1.19. The number of hydrogen-bond donors (Lipinski definition) is 1. The summed E-state index contributed by atoms with van der Waals surface area (Å²) >= 11 is 5.36. The van der Waals surface area contributed by atoms with E-state index >= 15 is 0 Å². The zero-order valence-electron chi connectivity index (χ0n) is 8.95. The molecule has 0 amide bonds. The fourth-order valence-corrected chi connectivity index (χ4v) is 2.45. The maximum Gasteiger partial charge on any atom is 0.179 e. The molecule has 1 fully saturated rings. The highest BCUT2D eigenvalue weighted by atomic mass is 32.1. The average molecular weight is 222 g/mol. The lowest BCUT2D eigenvalue weighted by atomic mass is 10.4. The van der Waals surface area contributed by atoms with Gasteiger partial charge < -0.3 is 4.98 Å². The number of nitrogens with one attached hydrogen (secondary N) is 1. The van der Waals surface area contributed by atoms with E-state index < -0.39 is 0 Å². The second-order valence-electron chi connectivity index (χ2n) is 4.13. The van der Waals surface area contributed by atoms with Gasteiger partial charge in [0, 0.05) is 12.6 Å². The first-order valence-electron chi connectivity index (χ1n) is 5.40. The van der Waals surface area contributed by atoms with Gasteiger partial charge in [-0.05, 0) is 38.9 Å². The minimum absolute atomic E-state index is 0.604. The molecule has 0 spiro atoms. The van der Waals surface area contributed by atoms with Gasteiger partial charge in [-0.15, -0.1) is 0 Å². The van der Waals surface area contributed by atoms with E-state index in [1.54, 1.807) is 0 Å². The number of fused-ring (bicyclic) bond motifs is 1. The third-order valence-electron chi connectivity index (χ3n) is 2.99. The summed E-state index contributed by atoms with van der Waals surface area (Å²) in [5.41, 5.74) is 3.31. The van der Waals surface area contributed by atoms with Crippen LogP contribution in [0, 0.1) is 11.7 Å². The molecule has 4 nitrogen and oxygen atoms in total. The largest absolute Gasteiger partial charge is 0.328 e. The van der Waals surface area contributed by atoms with E-state index in [1.807, 2.05) is 11.6 Å². The Balaban J connectivity index is 2.40. The van der Waals surface area contributed by atoms with Crippen molar-refractivity contribution in [1.82, 2.24) is 19.3 Å². The molecule has 0 saturated heterocycles. The van der Waals surface area contributed by atoms with E-state index in [1.165, 1.54) is 18.5 Å². The van der Waals surface area contributed by atoms with Crippen LogP contribution in [0.1, 0.15) is 31.5 Å². The van der Waals surface area contributed by atoms with Crippen molar-refractivity contribution < 1.29 is 0 Å². The molecule has 3 rings (SSSR count). The van der Waals surface area contributed by atoms with Crippen LogP contribution in [-0.4, -0.2) is 19.3 Å². The topological polar surface area (TPSA) is 38.5 Å². The summed E-state index contributed by atoms with van der Waals surface area (Å²) in [6.07, 6.45) is 2.49. The number of aryl methyl sites for hydroxylation is 2.